The van der Waals surface area contributed by atoms with Gasteiger partial charge in [-0.3, -0.25) is 9.78 Å². The Kier molecular flexibility index (Phi) is 5.53. The zero-order chi connectivity index (χ0) is 19.7. The number of nitrogens with zero attached hydrogens (tertiary/aromatic N) is 3. The van der Waals surface area contributed by atoms with Crippen molar-refractivity contribution in [3.8, 4) is 0 Å². The highest BCUT2D eigenvalue weighted by atomic mass is 32.2. The van der Waals surface area contributed by atoms with Crippen LogP contribution in [0.4, 0.5) is 0 Å². The smallest absolute Gasteiger partial charge is 0.252 e. The average Bonchev–Trinajstić information content (AvgIpc) is 3.46. The first-order chi connectivity index (χ1) is 13.4. The van der Waals surface area contributed by atoms with Crippen LogP contribution in [0.25, 0.3) is 0 Å². The average molecular weight is 420 g/mol. The van der Waals surface area contributed by atoms with E-state index in [1.807, 2.05) is 30.0 Å². The van der Waals surface area contributed by atoms with Crippen molar-refractivity contribution < 1.29 is 13.2 Å². The monoisotopic (exact) mass is 419 g/mol. The van der Waals surface area contributed by atoms with E-state index in [1.54, 1.807) is 18.5 Å². The Bertz CT molecular complexity index is 939. The van der Waals surface area contributed by atoms with Crippen LogP contribution in [0.3, 0.4) is 0 Å². The fourth-order valence-corrected chi connectivity index (χ4v) is 6.70. The molecule has 1 saturated heterocycles. The van der Waals surface area contributed by atoms with Crippen molar-refractivity contribution in [3.05, 3.63) is 47.1 Å². The molecule has 4 rings (SSSR count). The zero-order valence-corrected chi connectivity index (χ0v) is 17.6. The van der Waals surface area contributed by atoms with Crippen LogP contribution >= 0.6 is 11.3 Å². The van der Waals surface area contributed by atoms with Crippen LogP contribution in [0, 0.1) is 12.8 Å². The molecule has 1 saturated carbocycles. The minimum absolute atomic E-state index is 0.0774. The molecule has 28 heavy (non-hydrogen) atoms. The second-order valence-electron chi connectivity index (χ2n) is 7.63. The topological polar surface area (TPSA) is 70.6 Å². The summed E-state index contributed by atoms with van der Waals surface area (Å²) < 4.78 is 27.8. The van der Waals surface area contributed by atoms with E-state index >= 15 is 0 Å². The van der Waals surface area contributed by atoms with Gasteiger partial charge in [-0.15, -0.1) is 11.3 Å². The van der Waals surface area contributed by atoms with E-state index in [0.717, 1.165) is 29.7 Å². The van der Waals surface area contributed by atoms with Crippen LogP contribution in [-0.4, -0.2) is 47.6 Å². The summed E-state index contributed by atoms with van der Waals surface area (Å²) in [6.07, 6.45) is 7.02. The number of aromatic nitrogens is 1. The molecule has 2 aliphatic rings. The molecule has 0 spiro atoms. The van der Waals surface area contributed by atoms with Gasteiger partial charge in [0.15, 0.2) is 0 Å². The molecule has 150 valence electrons. The number of amides is 1. The highest BCUT2D eigenvalue weighted by Gasteiger charge is 2.39. The number of pyridine rings is 1. The molecule has 0 aromatic carbocycles. The van der Waals surface area contributed by atoms with Crippen LogP contribution in [0.5, 0.6) is 0 Å². The van der Waals surface area contributed by atoms with Gasteiger partial charge in [0.05, 0.1) is 5.92 Å². The summed E-state index contributed by atoms with van der Waals surface area (Å²) in [6.45, 7) is 3.20. The fraction of sp³-hybridized carbons (Fsp3) is 0.500. The molecule has 2 aromatic rings. The minimum atomic E-state index is -3.53. The Labute approximate surface area is 170 Å². The van der Waals surface area contributed by atoms with Crippen molar-refractivity contribution in [2.24, 2.45) is 5.92 Å². The molecule has 2 aromatic heterocycles. The fourth-order valence-electron chi connectivity index (χ4n) is 3.74. The Hall–Kier alpha value is -1.77. The molecule has 1 amide bonds. The molecule has 0 bridgehead atoms. The molecule has 0 N–H and O–H groups in total. The zero-order valence-electron chi connectivity index (χ0n) is 16.0. The first kappa shape index (κ1) is 19.5. The number of hydrogen-bond acceptors (Lipinski definition) is 5. The number of sulfonamides is 1. The molecule has 0 unspecified atom stereocenters. The number of thiophene rings is 1. The molecule has 2 fully saturated rings. The van der Waals surface area contributed by atoms with Crippen molar-refractivity contribution in [1.29, 1.82) is 0 Å². The van der Waals surface area contributed by atoms with Crippen molar-refractivity contribution in [3.63, 3.8) is 0 Å². The summed E-state index contributed by atoms with van der Waals surface area (Å²) in [5.41, 5.74) is 1.01. The van der Waals surface area contributed by atoms with Crippen molar-refractivity contribution >= 4 is 27.3 Å². The van der Waals surface area contributed by atoms with Gasteiger partial charge < -0.3 is 4.90 Å². The number of piperidine rings is 1. The Morgan fingerprint density at radius 1 is 1.29 bits per heavy atom. The van der Waals surface area contributed by atoms with Crippen molar-refractivity contribution in [1.82, 2.24) is 14.2 Å². The summed E-state index contributed by atoms with van der Waals surface area (Å²) >= 11 is 1.29. The molecule has 1 aliphatic carbocycles. The van der Waals surface area contributed by atoms with Gasteiger partial charge in [0.2, 0.25) is 5.91 Å². The third-order valence-corrected chi connectivity index (χ3v) is 8.72. The van der Waals surface area contributed by atoms with Crippen LogP contribution in [0.15, 0.2) is 40.9 Å². The summed E-state index contributed by atoms with van der Waals surface area (Å²) in [6, 6.07) is 7.63. The summed E-state index contributed by atoms with van der Waals surface area (Å²) in [7, 11) is -3.53. The summed E-state index contributed by atoms with van der Waals surface area (Å²) in [4.78, 5) is 20.3. The van der Waals surface area contributed by atoms with Gasteiger partial charge >= 0.3 is 0 Å². The molecule has 1 aliphatic heterocycles. The standard InChI is InChI=1S/C20H25N3O3S2/c1-15-6-9-19(27-15)28(25,26)22-11-3-5-17(14-22)20(24)23(18-7-8-18)13-16-4-2-10-21-12-16/h2,4,6,9-10,12,17-18H,3,5,7-8,11,13-14H2,1H3/t17-/m0/s1. The molecule has 6 nitrogen and oxygen atoms in total. The number of carbonyl (C=O) groups excluding carboxylic acids is 1. The Balaban J connectivity index is 1.49. The van der Waals surface area contributed by atoms with Crippen LogP contribution in [0.2, 0.25) is 0 Å². The summed E-state index contributed by atoms with van der Waals surface area (Å²) in [5, 5.41) is 0. The van der Waals surface area contributed by atoms with Crippen LogP contribution < -0.4 is 0 Å². The lowest BCUT2D eigenvalue weighted by atomic mass is 9.97. The highest BCUT2D eigenvalue weighted by Crippen LogP contribution is 2.33. The lowest BCUT2D eigenvalue weighted by molar-refractivity contribution is -0.138. The molecule has 1 atom stereocenters. The molecular weight excluding hydrogens is 394 g/mol. The van der Waals surface area contributed by atoms with E-state index in [1.165, 1.54) is 15.6 Å². The third kappa shape index (κ3) is 4.14. The highest BCUT2D eigenvalue weighted by molar-refractivity contribution is 7.91. The van der Waals surface area contributed by atoms with E-state index in [-0.39, 0.29) is 24.4 Å². The predicted molar refractivity (Wildman–Crippen MR) is 108 cm³/mol. The lowest BCUT2D eigenvalue weighted by Gasteiger charge is -2.34. The second kappa shape index (κ2) is 7.93. The van der Waals surface area contributed by atoms with Gasteiger partial charge in [-0.25, -0.2) is 8.42 Å². The first-order valence-electron chi connectivity index (χ1n) is 9.71. The minimum Gasteiger partial charge on any atom is -0.335 e. The maximum atomic E-state index is 13.3. The third-order valence-electron chi connectivity index (χ3n) is 5.39. The molecule has 3 heterocycles. The van der Waals surface area contributed by atoms with Crippen molar-refractivity contribution in [2.75, 3.05) is 13.1 Å². The quantitative estimate of drug-likeness (QED) is 0.722. The van der Waals surface area contributed by atoms with Crippen LogP contribution in [0.1, 0.15) is 36.1 Å². The predicted octanol–water partition coefficient (Wildman–Crippen LogP) is 3.04. The van der Waals surface area contributed by atoms with Gasteiger partial charge in [0, 0.05) is 42.9 Å². The Morgan fingerprint density at radius 2 is 2.11 bits per heavy atom. The molecular formula is C20H25N3O3S2. The first-order valence-corrected chi connectivity index (χ1v) is 12.0. The van der Waals surface area contributed by atoms with Crippen LogP contribution in [-0.2, 0) is 21.4 Å². The van der Waals surface area contributed by atoms with Gasteiger partial charge in [0.1, 0.15) is 4.21 Å². The SMILES string of the molecule is Cc1ccc(S(=O)(=O)N2CCC[C@H](C(=O)N(Cc3cccnc3)C3CC3)C2)s1. The maximum absolute atomic E-state index is 13.3. The number of rotatable bonds is 6. The normalized spacial score (nSPS) is 20.8. The van der Waals surface area contributed by atoms with E-state index in [4.69, 9.17) is 0 Å². The number of aryl methyl sites for hydroxylation is 1. The van der Waals surface area contributed by atoms with E-state index in [2.05, 4.69) is 4.98 Å². The van der Waals surface area contributed by atoms with Gasteiger partial charge in [-0.1, -0.05) is 6.07 Å². The maximum Gasteiger partial charge on any atom is 0.252 e. The molecule has 8 heteroatoms. The van der Waals surface area contributed by atoms with E-state index in [9.17, 15) is 13.2 Å². The van der Waals surface area contributed by atoms with Gasteiger partial charge in [0.25, 0.3) is 10.0 Å². The van der Waals surface area contributed by atoms with Crippen molar-refractivity contribution in [2.45, 2.75) is 49.4 Å². The van der Waals surface area contributed by atoms with E-state index < -0.39 is 10.0 Å². The largest absolute Gasteiger partial charge is 0.335 e. The Morgan fingerprint density at radius 3 is 2.75 bits per heavy atom. The van der Waals surface area contributed by atoms with E-state index in [0.29, 0.717) is 23.7 Å². The lowest BCUT2D eigenvalue weighted by Crippen LogP contribution is -2.47. The summed E-state index contributed by atoms with van der Waals surface area (Å²) in [5.74, 6) is -0.199. The number of carbonyl (C=O) groups is 1. The number of hydrogen-bond donors (Lipinski definition) is 0. The van der Waals surface area contributed by atoms with Gasteiger partial charge in [-0.2, -0.15) is 4.31 Å². The molecule has 0 radical (unpaired) electrons. The second-order valence-corrected chi connectivity index (χ2v) is 11.1. The van der Waals surface area contributed by atoms with Gasteiger partial charge in [-0.05, 0) is 56.4 Å².